The number of nitrogens with two attached hydrogens (primary N) is 1. The second kappa shape index (κ2) is 6.18. The van der Waals surface area contributed by atoms with Gasteiger partial charge in [0.25, 0.3) is 0 Å². The van der Waals surface area contributed by atoms with Crippen LogP contribution >= 0.6 is 0 Å². The first kappa shape index (κ1) is 15.4. The predicted octanol–water partition coefficient (Wildman–Crippen LogP) is 4.91. The van der Waals surface area contributed by atoms with Gasteiger partial charge in [-0.1, -0.05) is 31.2 Å². The Balaban J connectivity index is 2.23. The van der Waals surface area contributed by atoms with Crippen LogP contribution in [-0.2, 0) is 6.18 Å². The third-order valence-electron chi connectivity index (χ3n) is 3.17. The van der Waals surface area contributed by atoms with Crippen LogP contribution in [-0.4, -0.2) is 0 Å². The van der Waals surface area contributed by atoms with Crippen molar-refractivity contribution in [1.82, 2.24) is 0 Å². The van der Waals surface area contributed by atoms with E-state index < -0.39 is 11.7 Å². The smallest absolute Gasteiger partial charge is 0.419 e. The first-order valence-corrected chi connectivity index (χ1v) is 6.61. The van der Waals surface area contributed by atoms with Crippen molar-refractivity contribution < 1.29 is 17.9 Å². The van der Waals surface area contributed by atoms with Crippen LogP contribution in [0.4, 0.5) is 13.2 Å². The molecule has 0 amide bonds. The van der Waals surface area contributed by atoms with Crippen molar-refractivity contribution in [2.45, 2.75) is 25.6 Å². The van der Waals surface area contributed by atoms with Crippen molar-refractivity contribution in [2.24, 2.45) is 5.73 Å². The van der Waals surface area contributed by atoms with Crippen LogP contribution in [0.3, 0.4) is 0 Å². The number of hydrogen-bond acceptors (Lipinski definition) is 2. The molecule has 2 aromatic rings. The third-order valence-corrected chi connectivity index (χ3v) is 3.17. The molecule has 0 radical (unpaired) electrons. The SMILES string of the molecule is CCC(N)c1ccc(Oc2ccccc2C(F)(F)F)cc1. The van der Waals surface area contributed by atoms with E-state index in [4.69, 9.17) is 10.5 Å². The molecule has 0 saturated heterocycles. The summed E-state index contributed by atoms with van der Waals surface area (Å²) in [7, 11) is 0. The minimum absolute atomic E-state index is 0.0819. The average molecular weight is 295 g/mol. The molecule has 0 saturated carbocycles. The largest absolute Gasteiger partial charge is 0.457 e. The highest BCUT2D eigenvalue weighted by molar-refractivity contribution is 5.40. The Morgan fingerprint density at radius 1 is 1.05 bits per heavy atom. The number of para-hydroxylation sites is 1. The summed E-state index contributed by atoms with van der Waals surface area (Å²) in [6.07, 6.45) is -3.65. The molecule has 0 fully saturated rings. The Labute approximate surface area is 121 Å². The molecule has 21 heavy (non-hydrogen) atoms. The van der Waals surface area contributed by atoms with Gasteiger partial charge in [0.1, 0.15) is 11.5 Å². The molecule has 2 aromatic carbocycles. The zero-order valence-electron chi connectivity index (χ0n) is 11.5. The van der Waals surface area contributed by atoms with Crippen LogP contribution in [0.5, 0.6) is 11.5 Å². The summed E-state index contributed by atoms with van der Waals surface area (Å²) in [4.78, 5) is 0. The molecular weight excluding hydrogens is 279 g/mol. The molecule has 0 aromatic heterocycles. The number of benzene rings is 2. The van der Waals surface area contributed by atoms with Gasteiger partial charge < -0.3 is 10.5 Å². The standard InChI is InChI=1S/C16H16F3NO/c1-2-14(20)11-7-9-12(10-8-11)21-15-6-4-3-5-13(15)16(17,18)19/h3-10,14H,2,20H2,1H3. The molecule has 1 atom stereocenters. The van der Waals surface area contributed by atoms with E-state index in [2.05, 4.69) is 0 Å². The molecule has 0 heterocycles. The first-order valence-electron chi connectivity index (χ1n) is 6.61. The minimum atomic E-state index is -4.44. The van der Waals surface area contributed by atoms with Crippen LogP contribution in [0.25, 0.3) is 0 Å². The molecule has 2 N–H and O–H groups in total. The number of rotatable bonds is 4. The van der Waals surface area contributed by atoms with Gasteiger partial charge in [-0.2, -0.15) is 13.2 Å². The number of ether oxygens (including phenoxy) is 1. The lowest BCUT2D eigenvalue weighted by molar-refractivity contribution is -0.138. The van der Waals surface area contributed by atoms with Gasteiger partial charge in [0, 0.05) is 6.04 Å². The minimum Gasteiger partial charge on any atom is -0.457 e. The lowest BCUT2D eigenvalue weighted by Crippen LogP contribution is -2.08. The molecule has 0 aliphatic heterocycles. The quantitative estimate of drug-likeness (QED) is 0.870. The zero-order chi connectivity index (χ0) is 15.5. The molecule has 0 aliphatic rings. The fourth-order valence-corrected chi connectivity index (χ4v) is 1.94. The summed E-state index contributed by atoms with van der Waals surface area (Å²) >= 11 is 0. The summed E-state index contributed by atoms with van der Waals surface area (Å²) in [6, 6.07) is 11.8. The molecule has 0 aliphatic carbocycles. The fraction of sp³-hybridized carbons (Fsp3) is 0.250. The van der Waals surface area contributed by atoms with Gasteiger partial charge in [0.05, 0.1) is 5.56 Å². The second-order valence-electron chi connectivity index (χ2n) is 4.68. The average Bonchev–Trinajstić information content (AvgIpc) is 2.47. The summed E-state index contributed by atoms with van der Waals surface area (Å²) in [6.45, 7) is 1.97. The Morgan fingerprint density at radius 3 is 2.24 bits per heavy atom. The molecule has 112 valence electrons. The number of alkyl halides is 3. The Bertz CT molecular complexity index is 593. The van der Waals surface area contributed by atoms with Gasteiger partial charge in [-0.05, 0) is 36.2 Å². The number of halogens is 3. The summed E-state index contributed by atoms with van der Waals surface area (Å²) < 4.78 is 44.0. The topological polar surface area (TPSA) is 35.2 Å². The molecule has 1 unspecified atom stereocenters. The van der Waals surface area contributed by atoms with E-state index in [1.807, 2.05) is 6.92 Å². The highest BCUT2D eigenvalue weighted by Gasteiger charge is 2.34. The maximum atomic E-state index is 12.9. The molecule has 0 bridgehead atoms. The van der Waals surface area contributed by atoms with Crippen LogP contribution in [0.2, 0.25) is 0 Å². The van der Waals surface area contributed by atoms with Gasteiger partial charge in [-0.15, -0.1) is 0 Å². The van der Waals surface area contributed by atoms with E-state index in [0.29, 0.717) is 5.75 Å². The van der Waals surface area contributed by atoms with Crippen molar-refractivity contribution in [3.63, 3.8) is 0 Å². The van der Waals surface area contributed by atoms with Crippen LogP contribution in [0.1, 0.15) is 30.5 Å². The van der Waals surface area contributed by atoms with E-state index in [9.17, 15) is 13.2 Å². The maximum absolute atomic E-state index is 12.9. The Kier molecular flexibility index (Phi) is 4.53. The van der Waals surface area contributed by atoms with Gasteiger partial charge in [0.15, 0.2) is 0 Å². The first-order chi connectivity index (χ1) is 9.91. The van der Waals surface area contributed by atoms with Gasteiger partial charge in [-0.25, -0.2) is 0 Å². The second-order valence-corrected chi connectivity index (χ2v) is 4.68. The van der Waals surface area contributed by atoms with Crippen LogP contribution < -0.4 is 10.5 Å². The van der Waals surface area contributed by atoms with Crippen LogP contribution in [0, 0.1) is 0 Å². The maximum Gasteiger partial charge on any atom is 0.419 e. The predicted molar refractivity (Wildman–Crippen MR) is 75.2 cm³/mol. The van der Waals surface area contributed by atoms with Crippen LogP contribution in [0.15, 0.2) is 48.5 Å². The molecule has 5 heteroatoms. The van der Waals surface area contributed by atoms with Gasteiger partial charge in [0.2, 0.25) is 0 Å². The van der Waals surface area contributed by atoms with E-state index in [1.54, 1.807) is 24.3 Å². The van der Waals surface area contributed by atoms with E-state index in [0.717, 1.165) is 18.1 Å². The van der Waals surface area contributed by atoms with Crippen molar-refractivity contribution >= 4 is 0 Å². The Morgan fingerprint density at radius 2 is 1.67 bits per heavy atom. The highest BCUT2D eigenvalue weighted by atomic mass is 19.4. The Hall–Kier alpha value is -2.01. The molecule has 2 rings (SSSR count). The van der Waals surface area contributed by atoms with E-state index in [-0.39, 0.29) is 11.8 Å². The van der Waals surface area contributed by atoms with E-state index >= 15 is 0 Å². The number of hydrogen-bond donors (Lipinski definition) is 1. The van der Waals surface area contributed by atoms with Crippen molar-refractivity contribution in [1.29, 1.82) is 0 Å². The van der Waals surface area contributed by atoms with Gasteiger partial charge in [-0.3, -0.25) is 0 Å². The van der Waals surface area contributed by atoms with Crippen molar-refractivity contribution in [3.05, 3.63) is 59.7 Å². The third kappa shape index (κ3) is 3.76. The van der Waals surface area contributed by atoms with Crippen molar-refractivity contribution in [2.75, 3.05) is 0 Å². The highest BCUT2D eigenvalue weighted by Crippen LogP contribution is 2.37. The molecule has 0 spiro atoms. The normalized spacial score (nSPS) is 13.0. The van der Waals surface area contributed by atoms with Crippen molar-refractivity contribution in [3.8, 4) is 11.5 Å². The summed E-state index contributed by atoms with van der Waals surface area (Å²) in [5.41, 5.74) is 6.02. The fourth-order valence-electron chi connectivity index (χ4n) is 1.94. The summed E-state index contributed by atoms with van der Waals surface area (Å²) in [5.74, 6) is 0.135. The summed E-state index contributed by atoms with van der Waals surface area (Å²) in [5, 5.41) is 0. The lowest BCUT2D eigenvalue weighted by atomic mass is 10.1. The lowest BCUT2D eigenvalue weighted by Gasteiger charge is -2.14. The zero-order valence-corrected chi connectivity index (χ0v) is 11.5. The van der Waals surface area contributed by atoms with Gasteiger partial charge >= 0.3 is 6.18 Å². The van der Waals surface area contributed by atoms with E-state index in [1.165, 1.54) is 18.2 Å². The monoisotopic (exact) mass is 295 g/mol. The molecular formula is C16H16F3NO. The molecule has 2 nitrogen and oxygen atoms in total.